The highest BCUT2D eigenvalue weighted by atomic mass is 16.6. The average molecular weight is 605 g/mol. The van der Waals surface area contributed by atoms with E-state index in [1.165, 1.54) is 4.68 Å². The topological polar surface area (TPSA) is 110 Å². The molecule has 0 radical (unpaired) electrons. The SMILES string of the molecule is CCOC(=O)[C@@H](C)Oc1ccc(-n2c(C)cc(C=Nn3c(-c4cc5c(OC)cccc5o4)nc4ccccc4c3=O)c2C)cc1. The van der Waals surface area contributed by atoms with Crippen molar-refractivity contribution in [1.29, 1.82) is 0 Å². The Labute approximate surface area is 259 Å². The number of aryl methyl sites for hydroxylation is 1. The van der Waals surface area contributed by atoms with Crippen LogP contribution in [0, 0.1) is 13.8 Å². The third-order valence-electron chi connectivity index (χ3n) is 7.52. The van der Waals surface area contributed by atoms with Crippen LogP contribution in [0.1, 0.15) is 30.8 Å². The normalized spacial score (nSPS) is 12.2. The number of carbonyl (C=O) groups is 1. The van der Waals surface area contributed by atoms with Gasteiger partial charge in [0.25, 0.3) is 5.56 Å². The Bertz CT molecular complexity index is 2120. The van der Waals surface area contributed by atoms with Crippen LogP contribution in [-0.4, -0.2) is 46.2 Å². The van der Waals surface area contributed by atoms with Gasteiger partial charge in [0.2, 0.25) is 5.82 Å². The number of hydrogen-bond acceptors (Lipinski definition) is 8. The first-order valence-corrected chi connectivity index (χ1v) is 14.5. The fourth-order valence-corrected chi connectivity index (χ4v) is 5.33. The van der Waals surface area contributed by atoms with Gasteiger partial charge in [0, 0.05) is 22.6 Å². The van der Waals surface area contributed by atoms with Gasteiger partial charge in [-0.15, -0.1) is 0 Å². The van der Waals surface area contributed by atoms with Gasteiger partial charge < -0.3 is 23.2 Å². The summed E-state index contributed by atoms with van der Waals surface area (Å²) >= 11 is 0. The van der Waals surface area contributed by atoms with E-state index in [1.807, 2.05) is 74.5 Å². The van der Waals surface area contributed by atoms with Crippen molar-refractivity contribution in [2.75, 3.05) is 13.7 Å². The van der Waals surface area contributed by atoms with Gasteiger partial charge in [0.15, 0.2) is 11.9 Å². The molecule has 0 aliphatic rings. The van der Waals surface area contributed by atoms with Crippen LogP contribution in [0.4, 0.5) is 0 Å². The van der Waals surface area contributed by atoms with Crippen molar-refractivity contribution < 1.29 is 23.4 Å². The van der Waals surface area contributed by atoms with E-state index < -0.39 is 12.1 Å². The van der Waals surface area contributed by atoms with Crippen molar-refractivity contribution in [1.82, 2.24) is 14.2 Å². The van der Waals surface area contributed by atoms with E-state index in [2.05, 4.69) is 9.67 Å². The molecular weight excluding hydrogens is 572 g/mol. The van der Waals surface area contributed by atoms with Gasteiger partial charge in [-0.25, -0.2) is 9.78 Å². The Balaban J connectivity index is 1.37. The Hall–Kier alpha value is -5.64. The number of nitrogens with zero attached hydrogens (tertiary/aromatic N) is 4. The second-order valence-electron chi connectivity index (χ2n) is 10.5. The van der Waals surface area contributed by atoms with Crippen molar-refractivity contribution in [3.63, 3.8) is 0 Å². The molecule has 0 fully saturated rings. The van der Waals surface area contributed by atoms with Crippen LogP contribution in [-0.2, 0) is 9.53 Å². The van der Waals surface area contributed by atoms with Crippen molar-refractivity contribution in [3.8, 4) is 28.8 Å². The van der Waals surface area contributed by atoms with Crippen LogP contribution in [0.5, 0.6) is 11.5 Å². The van der Waals surface area contributed by atoms with Crippen molar-refractivity contribution in [2.45, 2.75) is 33.8 Å². The number of furan rings is 1. The number of fused-ring (bicyclic) bond motifs is 2. The summed E-state index contributed by atoms with van der Waals surface area (Å²) in [5, 5.41) is 5.86. The highest BCUT2D eigenvalue weighted by Crippen LogP contribution is 2.33. The maximum Gasteiger partial charge on any atom is 0.347 e. The van der Waals surface area contributed by atoms with Gasteiger partial charge in [-0.3, -0.25) is 4.79 Å². The molecule has 0 bridgehead atoms. The number of methoxy groups -OCH3 is 1. The van der Waals surface area contributed by atoms with Crippen LogP contribution in [0.25, 0.3) is 39.1 Å². The molecule has 1 atom stereocenters. The maximum absolute atomic E-state index is 13.7. The second-order valence-corrected chi connectivity index (χ2v) is 10.5. The standard InChI is InChI=1S/C35H32N4O6/c1-6-43-35(41)23(4)44-26-16-14-25(15-17-26)38-21(2)18-24(22(38)3)20-36-39-33(37-29-11-8-7-10-27(29)34(39)40)32-19-28-30(42-5)12-9-13-31(28)45-32/h7-20,23H,6H2,1-5H3/t23-/m1/s1. The molecule has 0 saturated carbocycles. The molecule has 0 amide bonds. The molecule has 3 heterocycles. The van der Waals surface area contributed by atoms with E-state index in [9.17, 15) is 9.59 Å². The van der Waals surface area contributed by atoms with Crippen molar-refractivity contribution in [3.05, 3.63) is 106 Å². The molecule has 0 unspecified atom stereocenters. The summed E-state index contributed by atoms with van der Waals surface area (Å²) in [6.07, 6.45) is 0.940. The van der Waals surface area contributed by atoms with Gasteiger partial charge in [-0.1, -0.05) is 18.2 Å². The highest BCUT2D eigenvalue weighted by molar-refractivity contribution is 5.89. The molecule has 0 N–H and O–H groups in total. The van der Waals surface area contributed by atoms with Crippen molar-refractivity contribution >= 4 is 34.1 Å². The van der Waals surface area contributed by atoms with Gasteiger partial charge in [-0.2, -0.15) is 9.78 Å². The zero-order valence-corrected chi connectivity index (χ0v) is 25.6. The quantitative estimate of drug-likeness (QED) is 0.138. The highest BCUT2D eigenvalue weighted by Gasteiger charge is 2.19. The number of hydrogen-bond donors (Lipinski definition) is 0. The predicted molar refractivity (Wildman–Crippen MR) is 173 cm³/mol. The van der Waals surface area contributed by atoms with Crippen LogP contribution < -0.4 is 15.0 Å². The van der Waals surface area contributed by atoms with E-state index in [0.29, 0.717) is 40.4 Å². The Morgan fingerprint density at radius 1 is 1.02 bits per heavy atom. The number of para-hydroxylation sites is 1. The van der Waals surface area contributed by atoms with Crippen molar-refractivity contribution in [2.24, 2.45) is 5.10 Å². The summed E-state index contributed by atoms with van der Waals surface area (Å²) in [5.41, 5.74) is 4.44. The lowest BCUT2D eigenvalue weighted by Crippen LogP contribution is -2.26. The third kappa shape index (κ3) is 5.58. The van der Waals surface area contributed by atoms with Crippen LogP contribution >= 0.6 is 0 Å². The van der Waals surface area contributed by atoms with E-state index in [-0.39, 0.29) is 11.4 Å². The molecule has 3 aromatic carbocycles. The largest absolute Gasteiger partial charge is 0.496 e. The van der Waals surface area contributed by atoms with Crippen LogP contribution in [0.15, 0.2) is 93.2 Å². The molecule has 228 valence electrons. The zero-order valence-electron chi connectivity index (χ0n) is 25.6. The van der Waals surface area contributed by atoms with Gasteiger partial charge in [-0.05, 0) is 88.4 Å². The zero-order chi connectivity index (χ0) is 31.7. The lowest BCUT2D eigenvalue weighted by molar-refractivity contribution is -0.150. The lowest BCUT2D eigenvalue weighted by Gasteiger charge is -2.14. The molecule has 6 aromatic rings. The second kappa shape index (κ2) is 12.2. The van der Waals surface area contributed by atoms with Gasteiger partial charge in [0.1, 0.15) is 17.1 Å². The van der Waals surface area contributed by atoms with Crippen LogP contribution in [0.2, 0.25) is 0 Å². The first kappa shape index (κ1) is 29.4. The molecule has 0 saturated heterocycles. The molecule has 0 aliphatic heterocycles. The number of aromatic nitrogens is 3. The molecule has 3 aromatic heterocycles. The predicted octanol–water partition coefficient (Wildman–Crippen LogP) is 6.44. The Morgan fingerprint density at radius 3 is 2.56 bits per heavy atom. The fraction of sp³-hybridized carbons (Fsp3) is 0.200. The number of ether oxygens (including phenoxy) is 3. The van der Waals surface area contributed by atoms with E-state index >= 15 is 0 Å². The minimum Gasteiger partial charge on any atom is -0.496 e. The lowest BCUT2D eigenvalue weighted by atomic mass is 10.2. The Morgan fingerprint density at radius 2 is 1.80 bits per heavy atom. The van der Waals surface area contributed by atoms with Gasteiger partial charge >= 0.3 is 5.97 Å². The Kier molecular flexibility index (Phi) is 7.95. The number of benzene rings is 3. The molecule has 6 rings (SSSR count). The summed E-state index contributed by atoms with van der Waals surface area (Å²) in [6, 6.07) is 23.9. The minimum absolute atomic E-state index is 0.273. The smallest absolute Gasteiger partial charge is 0.347 e. The summed E-state index contributed by atoms with van der Waals surface area (Å²) in [6.45, 7) is 7.69. The molecule has 10 nitrogen and oxygen atoms in total. The average Bonchev–Trinajstić information content (AvgIpc) is 3.61. The molecular formula is C35H32N4O6. The van der Waals surface area contributed by atoms with E-state index in [0.717, 1.165) is 28.0 Å². The summed E-state index contributed by atoms with van der Waals surface area (Å²) < 4.78 is 25.8. The third-order valence-corrected chi connectivity index (χ3v) is 7.52. The fourth-order valence-electron chi connectivity index (χ4n) is 5.33. The molecule has 45 heavy (non-hydrogen) atoms. The van der Waals surface area contributed by atoms with Gasteiger partial charge in [0.05, 0.1) is 36.2 Å². The maximum atomic E-state index is 13.7. The number of esters is 1. The van der Waals surface area contributed by atoms with E-state index in [4.69, 9.17) is 23.6 Å². The number of rotatable bonds is 9. The molecule has 0 aliphatic carbocycles. The monoisotopic (exact) mass is 604 g/mol. The number of carbonyl (C=O) groups excluding carboxylic acids is 1. The summed E-state index contributed by atoms with van der Waals surface area (Å²) in [5.74, 6) is 1.46. The molecule has 0 spiro atoms. The first-order chi connectivity index (χ1) is 21.8. The first-order valence-electron chi connectivity index (χ1n) is 14.5. The van der Waals surface area contributed by atoms with Crippen LogP contribution in [0.3, 0.4) is 0 Å². The molecule has 10 heteroatoms. The summed E-state index contributed by atoms with van der Waals surface area (Å²) in [7, 11) is 1.60. The minimum atomic E-state index is -0.715. The van der Waals surface area contributed by atoms with E-state index in [1.54, 1.807) is 45.4 Å². The summed E-state index contributed by atoms with van der Waals surface area (Å²) in [4.78, 5) is 30.5.